The van der Waals surface area contributed by atoms with Crippen molar-refractivity contribution >= 4 is 35.1 Å². The Morgan fingerprint density at radius 3 is 1.36 bits per heavy atom. The van der Waals surface area contributed by atoms with Crippen LogP contribution in [0.1, 0.15) is 91.9 Å². The predicted molar refractivity (Wildman–Crippen MR) is 175 cm³/mol. The molecule has 2 N–H and O–H groups in total. The molecule has 6 aliphatic heterocycles. The van der Waals surface area contributed by atoms with E-state index in [1.807, 2.05) is 0 Å². The number of rotatable bonds is 3. The zero-order valence-electron chi connectivity index (χ0n) is 29.1. The first kappa shape index (κ1) is 36.2. The van der Waals surface area contributed by atoms with E-state index < -0.39 is 107 Å². The van der Waals surface area contributed by atoms with Crippen molar-refractivity contribution in [2.24, 2.45) is 11.8 Å². The van der Waals surface area contributed by atoms with E-state index in [0.717, 1.165) is 0 Å². The van der Waals surface area contributed by atoms with Gasteiger partial charge in [0, 0.05) is 51.4 Å². The maximum atomic E-state index is 14.7. The number of aliphatic hydroxyl groups excluding tert-OH is 2. The van der Waals surface area contributed by atoms with Gasteiger partial charge in [0.25, 0.3) is 0 Å². The lowest BCUT2D eigenvalue weighted by Crippen LogP contribution is -2.64. The van der Waals surface area contributed by atoms with Gasteiger partial charge in [0.1, 0.15) is 36.0 Å². The number of hydrogen-bond acceptors (Lipinski definition) is 12. The molecule has 4 saturated heterocycles. The van der Waals surface area contributed by atoms with Crippen LogP contribution in [0.5, 0.6) is 0 Å². The van der Waals surface area contributed by atoms with Gasteiger partial charge in [-0.15, -0.1) is 0 Å². The summed E-state index contributed by atoms with van der Waals surface area (Å²) in [7, 11) is 0. The van der Waals surface area contributed by atoms with Crippen molar-refractivity contribution in [3.05, 3.63) is 47.6 Å². The Bertz CT molecular complexity index is 1530. The number of allylic oxidation sites excluding steroid dienone is 4. The largest absolute Gasteiger partial charge is 0.456 e. The van der Waals surface area contributed by atoms with Gasteiger partial charge < -0.3 is 29.2 Å². The third kappa shape index (κ3) is 6.07. The van der Waals surface area contributed by atoms with Crippen molar-refractivity contribution in [3.8, 4) is 0 Å². The van der Waals surface area contributed by atoms with E-state index in [9.17, 15) is 39.0 Å². The van der Waals surface area contributed by atoms with E-state index in [1.165, 1.54) is 0 Å². The van der Waals surface area contributed by atoms with Gasteiger partial charge in [-0.3, -0.25) is 19.2 Å². The highest BCUT2D eigenvalue weighted by atomic mass is 16.6. The first-order valence-electron chi connectivity index (χ1n) is 17.3. The molecule has 50 heavy (non-hydrogen) atoms. The summed E-state index contributed by atoms with van der Waals surface area (Å²) in [5.74, 6) is -4.55. The van der Waals surface area contributed by atoms with Gasteiger partial charge >= 0.3 is 11.9 Å². The Morgan fingerprint density at radius 2 is 1.02 bits per heavy atom. The van der Waals surface area contributed by atoms with Gasteiger partial charge in [-0.1, -0.05) is 36.5 Å². The van der Waals surface area contributed by atoms with Crippen LogP contribution in [-0.2, 0) is 47.7 Å². The van der Waals surface area contributed by atoms with E-state index in [-0.39, 0.29) is 62.5 Å². The van der Waals surface area contributed by atoms with Crippen LogP contribution in [0.25, 0.3) is 0 Å². The molecule has 0 aromatic rings. The molecule has 0 saturated carbocycles. The third-order valence-electron chi connectivity index (χ3n) is 11.5. The molecule has 2 unspecified atom stereocenters. The molecule has 0 aromatic heterocycles. The fraction of sp³-hybridized carbons (Fsp3) is 0.632. The molecule has 6 rings (SSSR count). The van der Waals surface area contributed by atoms with Crippen LogP contribution in [0, 0.1) is 11.8 Å². The SMILES string of the molecule is C=C(C)[C@@H]1C/C=C2\C(=O)O[C@@H](C[C@]3(C)CC(=O)C(C45CC(=O)C[C@H](C(=C)C)C/C=C6\C(=O)O[C@@H](C[C@](C)(CC4=O)O5)[C@@H]6O)(CC(=O)C1)O3)[C@@H]2O. The number of carbonyl (C=O) groups is 6. The fourth-order valence-corrected chi connectivity index (χ4v) is 8.84. The van der Waals surface area contributed by atoms with Crippen LogP contribution in [0.15, 0.2) is 47.6 Å². The van der Waals surface area contributed by atoms with E-state index in [2.05, 4.69) is 13.2 Å². The Hall–Kier alpha value is -3.58. The Kier molecular flexibility index (Phi) is 9.11. The Balaban J connectivity index is 1.49. The van der Waals surface area contributed by atoms with Crippen LogP contribution >= 0.6 is 0 Å². The molecule has 0 spiro atoms. The van der Waals surface area contributed by atoms with E-state index in [1.54, 1.807) is 39.8 Å². The summed E-state index contributed by atoms with van der Waals surface area (Å²) in [6.45, 7) is 14.7. The molecule has 6 aliphatic rings. The third-order valence-corrected chi connectivity index (χ3v) is 11.5. The van der Waals surface area contributed by atoms with Gasteiger partial charge in [0.2, 0.25) is 0 Å². The van der Waals surface area contributed by atoms with E-state index in [4.69, 9.17) is 18.9 Å². The molecule has 4 fully saturated rings. The first-order chi connectivity index (χ1) is 23.3. The lowest BCUT2D eigenvalue weighted by molar-refractivity contribution is -0.233. The summed E-state index contributed by atoms with van der Waals surface area (Å²) in [5.41, 5.74) is -6.08. The molecule has 270 valence electrons. The Morgan fingerprint density at radius 1 is 0.660 bits per heavy atom. The summed E-state index contributed by atoms with van der Waals surface area (Å²) < 4.78 is 24.6. The van der Waals surface area contributed by atoms with Crippen molar-refractivity contribution in [2.45, 2.75) is 139 Å². The molecule has 12 nitrogen and oxygen atoms in total. The summed E-state index contributed by atoms with van der Waals surface area (Å²) in [6.07, 6.45) is -3.69. The maximum absolute atomic E-state index is 14.7. The van der Waals surface area contributed by atoms with E-state index in [0.29, 0.717) is 11.1 Å². The lowest BCUT2D eigenvalue weighted by Gasteiger charge is -2.45. The van der Waals surface area contributed by atoms with Crippen molar-refractivity contribution in [2.75, 3.05) is 0 Å². The van der Waals surface area contributed by atoms with Crippen molar-refractivity contribution in [3.63, 3.8) is 0 Å². The maximum Gasteiger partial charge on any atom is 0.336 e. The minimum atomic E-state index is -2.27. The quantitative estimate of drug-likeness (QED) is 0.326. The van der Waals surface area contributed by atoms with Gasteiger partial charge in [0.15, 0.2) is 22.8 Å². The topological polar surface area (TPSA) is 180 Å². The molecule has 6 heterocycles. The standard InChI is InChI=1S/C38H46O12/c1-19(2)21-7-9-25-31(43)27(47-33(25)45)15-35(5)17-29(41)37(49-35,13-23(39)11-21)38-14-24(40)12-22(20(3)4)8-10-26-32(44)28(48-34(26)46)16-36(6,50-38)18-30(38)42/h9-10,21-22,27-28,31-32,43-44H,1,3,7-8,11-18H2,2,4-6H3/b25-9-,26-10-/t21-,22-,27+,28+,31-,32-,35-,36-,37?,38?/m1/s1. The first-order valence-corrected chi connectivity index (χ1v) is 17.3. The molecule has 0 aromatic carbocycles. The van der Waals surface area contributed by atoms with Crippen molar-refractivity contribution in [1.29, 1.82) is 0 Å². The monoisotopic (exact) mass is 694 g/mol. The summed E-state index contributed by atoms with van der Waals surface area (Å²) in [5, 5.41) is 22.3. The molecule has 10 atom stereocenters. The molecule has 0 aliphatic carbocycles. The number of aliphatic hydroxyl groups is 2. The highest BCUT2D eigenvalue weighted by molar-refractivity contribution is 6.07. The van der Waals surface area contributed by atoms with Crippen LogP contribution in [0.2, 0.25) is 0 Å². The second-order valence-corrected chi connectivity index (χ2v) is 15.9. The van der Waals surface area contributed by atoms with E-state index >= 15 is 0 Å². The number of fused-ring (bicyclic) bond motifs is 9. The number of hydrogen-bond donors (Lipinski definition) is 2. The van der Waals surface area contributed by atoms with Gasteiger partial charge in [-0.2, -0.15) is 0 Å². The molecule has 12 heteroatoms. The second-order valence-electron chi connectivity index (χ2n) is 15.9. The van der Waals surface area contributed by atoms with Gasteiger partial charge in [0.05, 0.1) is 22.3 Å². The lowest BCUT2D eigenvalue weighted by atomic mass is 9.69. The van der Waals surface area contributed by atoms with Crippen LogP contribution in [0.4, 0.5) is 0 Å². The summed E-state index contributed by atoms with van der Waals surface area (Å²) in [4.78, 5) is 83.4. The minimum Gasteiger partial charge on any atom is -0.456 e. The molecule has 0 radical (unpaired) electrons. The number of ether oxygens (including phenoxy) is 4. The molecule has 8 bridgehead atoms. The highest BCUT2D eigenvalue weighted by Crippen LogP contribution is 2.56. The van der Waals surface area contributed by atoms with Crippen LogP contribution < -0.4 is 0 Å². The number of Topliss-reactive ketones (excluding diaryl/α,β-unsaturated/α-hetero) is 4. The van der Waals surface area contributed by atoms with Crippen LogP contribution in [0.3, 0.4) is 0 Å². The number of ketones is 4. The van der Waals surface area contributed by atoms with Gasteiger partial charge in [-0.25, -0.2) is 9.59 Å². The minimum absolute atomic E-state index is 0.0520. The fourth-order valence-electron chi connectivity index (χ4n) is 8.84. The van der Waals surface area contributed by atoms with Gasteiger partial charge in [-0.05, 0) is 52.4 Å². The summed E-state index contributed by atoms with van der Waals surface area (Å²) in [6, 6.07) is 0. The zero-order valence-corrected chi connectivity index (χ0v) is 29.1. The zero-order chi connectivity index (χ0) is 36.6. The average molecular weight is 695 g/mol. The average Bonchev–Trinajstić information content (AvgIpc) is 3.61. The van der Waals surface area contributed by atoms with Crippen LogP contribution in [-0.4, -0.2) is 92.1 Å². The van der Waals surface area contributed by atoms with Crippen molar-refractivity contribution in [1.82, 2.24) is 0 Å². The molecule has 0 amide bonds. The Labute approximate surface area is 290 Å². The highest BCUT2D eigenvalue weighted by Gasteiger charge is 2.73. The number of carbonyl (C=O) groups excluding carboxylic acids is 6. The smallest absolute Gasteiger partial charge is 0.336 e. The normalized spacial score (nSPS) is 44.6. The summed E-state index contributed by atoms with van der Waals surface area (Å²) >= 11 is 0. The predicted octanol–water partition coefficient (Wildman–Crippen LogP) is 3.06. The second kappa shape index (κ2) is 12.6. The number of esters is 2. The molecular formula is C38H46O12. The van der Waals surface area contributed by atoms with Crippen molar-refractivity contribution < 1.29 is 57.9 Å². The molecular weight excluding hydrogens is 648 g/mol.